The van der Waals surface area contributed by atoms with Gasteiger partial charge >= 0.3 is 0 Å². The summed E-state index contributed by atoms with van der Waals surface area (Å²) in [6.07, 6.45) is 6.77. The normalized spacial score (nSPS) is 18.2. The van der Waals surface area contributed by atoms with E-state index in [0.717, 1.165) is 32.4 Å². The van der Waals surface area contributed by atoms with Gasteiger partial charge in [-0.2, -0.15) is 0 Å². The zero-order chi connectivity index (χ0) is 15.9. The molecule has 0 amide bonds. The van der Waals surface area contributed by atoms with Gasteiger partial charge in [0.05, 0.1) is 11.4 Å². The van der Waals surface area contributed by atoms with Crippen LogP contribution >= 0.6 is 12.4 Å². The summed E-state index contributed by atoms with van der Waals surface area (Å²) in [4.78, 5) is 9.63. The number of anilines is 2. The number of nitrogens with zero attached hydrogens (tertiary/aromatic N) is 3. The lowest BCUT2D eigenvalue weighted by Crippen LogP contribution is -2.36. The molecule has 5 rings (SSSR count). The van der Waals surface area contributed by atoms with Crippen LogP contribution in [0.3, 0.4) is 0 Å². The van der Waals surface area contributed by atoms with Crippen LogP contribution in [0.1, 0.15) is 30.4 Å². The maximum atomic E-state index is 4.75. The van der Waals surface area contributed by atoms with Gasteiger partial charge in [0, 0.05) is 25.9 Å². The van der Waals surface area contributed by atoms with E-state index in [0.29, 0.717) is 0 Å². The van der Waals surface area contributed by atoms with Crippen LogP contribution in [-0.2, 0) is 6.42 Å². The van der Waals surface area contributed by atoms with Crippen LogP contribution in [-0.4, -0.2) is 23.8 Å². The Morgan fingerprint density at radius 1 is 0.880 bits per heavy atom. The van der Waals surface area contributed by atoms with Gasteiger partial charge in [0.2, 0.25) is 0 Å². The minimum absolute atomic E-state index is 0. The Hall–Kier alpha value is -2.26. The van der Waals surface area contributed by atoms with Crippen molar-refractivity contribution >= 4 is 29.6 Å². The van der Waals surface area contributed by atoms with Crippen molar-refractivity contribution in [1.82, 2.24) is 4.90 Å². The molecule has 0 N–H and O–H groups in total. The quantitative estimate of drug-likeness (QED) is 0.728. The SMILES string of the molecule is C1=C(N2c3ccccc3Cc3ccccc32)N(C2=NCCC2)CC1.Cl. The van der Waals surface area contributed by atoms with E-state index in [1.165, 1.54) is 40.6 Å². The molecule has 0 aliphatic carbocycles. The molecule has 0 bridgehead atoms. The van der Waals surface area contributed by atoms with Crippen molar-refractivity contribution < 1.29 is 0 Å². The lowest BCUT2D eigenvalue weighted by atomic mass is 9.95. The predicted molar refractivity (Wildman–Crippen MR) is 106 cm³/mol. The molecule has 0 aromatic heterocycles. The summed E-state index contributed by atoms with van der Waals surface area (Å²) in [6.45, 7) is 2.03. The van der Waals surface area contributed by atoms with Gasteiger partial charge in [-0.15, -0.1) is 12.4 Å². The summed E-state index contributed by atoms with van der Waals surface area (Å²) in [7, 11) is 0. The Bertz CT molecular complexity index is 810. The molecule has 0 fully saturated rings. The molecule has 0 saturated heterocycles. The monoisotopic (exact) mass is 351 g/mol. The molecule has 25 heavy (non-hydrogen) atoms. The van der Waals surface area contributed by atoms with Gasteiger partial charge in [-0.3, -0.25) is 9.89 Å². The van der Waals surface area contributed by atoms with Crippen molar-refractivity contribution in [3.63, 3.8) is 0 Å². The van der Waals surface area contributed by atoms with Gasteiger partial charge in [0.15, 0.2) is 0 Å². The highest BCUT2D eigenvalue weighted by atomic mass is 35.5. The number of halogens is 1. The fourth-order valence-corrected chi connectivity index (χ4v) is 4.10. The second-order valence-electron chi connectivity index (χ2n) is 6.67. The number of fused-ring (bicyclic) bond motifs is 2. The molecular formula is C21H22ClN3. The number of benzene rings is 2. The maximum Gasteiger partial charge on any atom is 0.114 e. The first-order chi connectivity index (χ1) is 11.9. The average Bonchev–Trinajstić information content (AvgIpc) is 3.30. The standard InChI is InChI=1S/C21H21N3.ClH/c1-3-9-18-16(7-1)15-17-8-2-4-10-19(17)24(18)21-12-6-14-23(21)20-11-5-13-22-20;/h1-4,7-10,12H,5-6,11,13-15H2;1H. The molecule has 2 aromatic carbocycles. The highest BCUT2D eigenvalue weighted by Crippen LogP contribution is 2.43. The Balaban J connectivity index is 0.00000157. The molecule has 0 radical (unpaired) electrons. The first kappa shape index (κ1) is 16.2. The average molecular weight is 352 g/mol. The predicted octanol–water partition coefficient (Wildman–Crippen LogP) is 4.89. The Kier molecular flexibility index (Phi) is 4.26. The second kappa shape index (κ2) is 6.57. The summed E-state index contributed by atoms with van der Waals surface area (Å²) in [5.74, 6) is 2.55. The van der Waals surface area contributed by atoms with Crippen molar-refractivity contribution in [3.05, 3.63) is 71.6 Å². The van der Waals surface area contributed by atoms with Crippen LogP contribution in [0.2, 0.25) is 0 Å². The molecule has 0 atom stereocenters. The Morgan fingerprint density at radius 3 is 2.20 bits per heavy atom. The third-order valence-electron chi connectivity index (χ3n) is 5.20. The first-order valence-corrected chi connectivity index (χ1v) is 8.89. The smallest absolute Gasteiger partial charge is 0.114 e. The van der Waals surface area contributed by atoms with Crippen molar-refractivity contribution in [2.75, 3.05) is 18.0 Å². The van der Waals surface area contributed by atoms with Crippen LogP contribution in [0.25, 0.3) is 0 Å². The van der Waals surface area contributed by atoms with E-state index in [9.17, 15) is 0 Å². The fourth-order valence-electron chi connectivity index (χ4n) is 4.10. The number of hydrogen-bond acceptors (Lipinski definition) is 3. The summed E-state index contributed by atoms with van der Waals surface area (Å²) in [5, 5.41) is 0. The van der Waals surface area contributed by atoms with Crippen LogP contribution in [0.15, 0.2) is 65.4 Å². The van der Waals surface area contributed by atoms with Crippen molar-refractivity contribution in [3.8, 4) is 0 Å². The summed E-state index contributed by atoms with van der Waals surface area (Å²) in [5.41, 5.74) is 5.43. The zero-order valence-corrected chi connectivity index (χ0v) is 15.0. The molecular weight excluding hydrogens is 330 g/mol. The van der Waals surface area contributed by atoms with E-state index in [4.69, 9.17) is 4.99 Å². The van der Waals surface area contributed by atoms with Crippen molar-refractivity contribution in [2.24, 2.45) is 4.99 Å². The van der Waals surface area contributed by atoms with Crippen molar-refractivity contribution in [1.29, 1.82) is 0 Å². The van der Waals surface area contributed by atoms with Gasteiger partial charge in [0.1, 0.15) is 11.7 Å². The molecule has 0 spiro atoms. The number of aliphatic imine (C=N–C) groups is 1. The van der Waals surface area contributed by atoms with Gasteiger partial charge in [-0.1, -0.05) is 36.4 Å². The summed E-state index contributed by atoms with van der Waals surface area (Å²) >= 11 is 0. The fraction of sp³-hybridized carbons (Fsp3) is 0.286. The van der Waals surface area contributed by atoms with E-state index in [1.807, 2.05) is 0 Å². The third kappa shape index (κ3) is 2.63. The van der Waals surface area contributed by atoms with Gasteiger partial charge in [-0.25, -0.2) is 0 Å². The number of rotatable bonds is 1. The maximum absolute atomic E-state index is 4.75. The molecule has 3 aliphatic heterocycles. The molecule has 3 nitrogen and oxygen atoms in total. The topological polar surface area (TPSA) is 18.8 Å². The van der Waals surface area contributed by atoms with E-state index in [1.54, 1.807) is 0 Å². The van der Waals surface area contributed by atoms with Crippen LogP contribution in [0.5, 0.6) is 0 Å². The molecule has 0 saturated carbocycles. The van der Waals surface area contributed by atoms with Crippen LogP contribution in [0.4, 0.5) is 11.4 Å². The molecule has 128 valence electrons. The second-order valence-corrected chi connectivity index (χ2v) is 6.67. The largest absolute Gasteiger partial charge is 0.316 e. The third-order valence-corrected chi connectivity index (χ3v) is 5.20. The van der Waals surface area contributed by atoms with Gasteiger partial charge in [-0.05, 0) is 42.2 Å². The van der Waals surface area contributed by atoms with Crippen LogP contribution < -0.4 is 4.90 Å². The highest BCUT2D eigenvalue weighted by Gasteiger charge is 2.31. The minimum Gasteiger partial charge on any atom is -0.316 e. The van der Waals surface area contributed by atoms with Crippen LogP contribution in [0, 0.1) is 0 Å². The lowest BCUT2D eigenvalue weighted by Gasteiger charge is -2.38. The molecule has 4 heteroatoms. The number of amidine groups is 1. The van der Waals surface area contributed by atoms with E-state index < -0.39 is 0 Å². The Morgan fingerprint density at radius 2 is 1.56 bits per heavy atom. The minimum atomic E-state index is 0. The van der Waals surface area contributed by atoms with E-state index >= 15 is 0 Å². The van der Waals surface area contributed by atoms with Gasteiger partial charge < -0.3 is 4.90 Å². The lowest BCUT2D eigenvalue weighted by molar-refractivity contribution is 0.541. The zero-order valence-electron chi connectivity index (χ0n) is 14.2. The van der Waals surface area contributed by atoms with E-state index in [2.05, 4.69) is 64.4 Å². The molecule has 2 aromatic rings. The molecule has 3 aliphatic rings. The van der Waals surface area contributed by atoms with Crippen molar-refractivity contribution in [2.45, 2.75) is 25.7 Å². The summed E-state index contributed by atoms with van der Waals surface area (Å²) < 4.78 is 0. The summed E-state index contributed by atoms with van der Waals surface area (Å²) in [6, 6.07) is 17.6. The van der Waals surface area contributed by atoms with Gasteiger partial charge in [0.25, 0.3) is 0 Å². The first-order valence-electron chi connectivity index (χ1n) is 8.89. The molecule has 0 unspecified atom stereocenters. The number of para-hydroxylation sites is 2. The Labute approximate surface area is 155 Å². The van der Waals surface area contributed by atoms with E-state index in [-0.39, 0.29) is 12.4 Å². The highest BCUT2D eigenvalue weighted by molar-refractivity contribution is 5.88. The number of hydrogen-bond donors (Lipinski definition) is 0. The molecule has 3 heterocycles.